The van der Waals surface area contributed by atoms with Gasteiger partial charge < -0.3 is 25.1 Å². The van der Waals surface area contributed by atoms with Crippen LogP contribution in [0.5, 0.6) is 17.2 Å². The van der Waals surface area contributed by atoms with E-state index in [2.05, 4.69) is 16.8 Å². The van der Waals surface area contributed by atoms with Crippen molar-refractivity contribution in [2.45, 2.75) is 19.8 Å². The summed E-state index contributed by atoms with van der Waals surface area (Å²) < 4.78 is 0. The van der Waals surface area contributed by atoms with Gasteiger partial charge in [-0.3, -0.25) is 15.7 Å². The molecule has 3 aromatic rings. The maximum atomic E-state index is 10.6. The lowest BCUT2D eigenvalue weighted by Gasteiger charge is -2.34. The second-order valence-electron chi connectivity index (χ2n) is 9.47. The molecule has 1 aliphatic heterocycles. The highest BCUT2D eigenvalue weighted by Crippen LogP contribution is 2.34. The Balaban J connectivity index is 1.75. The summed E-state index contributed by atoms with van der Waals surface area (Å²) in [7, 11) is 2.11. The topological polar surface area (TPSA) is 118 Å². The number of anilines is 2. The Morgan fingerprint density at radius 2 is 1.50 bits per heavy atom. The number of phenolic OH excluding ortho intramolecular Hbond substituents is 3. The molecule has 0 saturated carbocycles. The minimum atomic E-state index is -0.246. The first-order chi connectivity index (χ1) is 17.2. The SMILES string of the molecule is CC(C)c1cc(C(=N)N(C(=N)c2cccc(O)c2)c2ccc(N3CCN(C)CC3)cc2)c(O)cc1O. The van der Waals surface area contributed by atoms with Crippen molar-refractivity contribution in [1.82, 2.24) is 4.90 Å². The van der Waals surface area contributed by atoms with Crippen LogP contribution in [-0.2, 0) is 0 Å². The number of phenols is 3. The first-order valence-electron chi connectivity index (χ1n) is 12.0. The molecule has 1 heterocycles. The van der Waals surface area contributed by atoms with Crippen LogP contribution in [0.2, 0.25) is 0 Å². The zero-order valence-electron chi connectivity index (χ0n) is 20.9. The highest BCUT2D eigenvalue weighted by atomic mass is 16.3. The lowest BCUT2D eigenvalue weighted by atomic mass is 9.97. The molecule has 0 unspecified atom stereocenters. The van der Waals surface area contributed by atoms with E-state index in [1.807, 2.05) is 38.1 Å². The van der Waals surface area contributed by atoms with E-state index < -0.39 is 0 Å². The Morgan fingerprint density at radius 3 is 2.11 bits per heavy atom. The lowest BCUT2D eigenvalue weighted by molar-refractivity contribution is 0.313. The van der Waals surface area contributed by atoms with E-state index in [0.717, 1.165) is 31.9 Å². The summed E-state index contributed by atoms with van der Waals surface area (Å²) in [5.41, 5.74) is 2.86. The van der Waals surface area contributed by atoms with Crippen LogP contribution < -0.4 is 9.80 Å². The molecule has 1 aliphatic rings. The smallest absolute Gasteiger partial charge is 0.142 e. The Hall–Kier alpha value is -4.04. The fourth-order valence-corrected chi connectivity index (χ4v) is 4.40. The fourth-order valence-electron chi connectivity index (χ4n) is 4.40. The maximum absolute atomic E-state index is 10.6. The van der Waals surface area contributed by atoms with Gasteiger partial charge in [-0.1, -0.05) is 26.0 Å². The highest BCUT2D eigenvalue weighted by Gasteiger charge is 2.25. The van der Waals surface area contributed by atoms with Gasteiger partial charge in [-0.05, 0) is 61.0 Å². The zero-order chi connectivity index (χ0) is 26.0. The number of rotatable bonds is 5. The third kappa shape index (κ3) is 5.13. The summed E-state index contributed by atoms with van der Waals surface area (Å²) in [6, 6.07) is 16.9. The molecule has 0 bridgehead atoms. The predicted molar refractivity (Wildman–Crippen MR) is 144 cm³/mol. The predicted octanol–water partition coefficient (Wildman–Crippen LogP) is 4.54. The quantitative estimate of drug-likeness (QED) is 0.266. The van der Waals surface area contributed by atoms with Gasteiger partial charge in [0.05, 0.1) is 5.56 Å². The Bertz CT molecular complexity index is 1260. The van der Waals surface area contributed by atoms with E-state index in [1.54, 1.807) is 18.2 Å². The first kappa shape index (κ1) is 25.1. The van der Waals surface area contributed by atoms with Gasteiger partial charge in [0.2, 0.25) is 0 Å². The molecule has 0 spiro atoms. The summed E-state index contributed by atoms with van der Waals surface area (Å²) in [6.45, 7) is 7.66. The highest BCUT2D eigenvalue weighted by molar-refractivity contribution is 6.28. The van der Waals surface area contributed by atoms with Crippen LogP contribution >= 0.6 is 0 Å². The van der Waals surface area contributed by atoms with Gasteiger partial charge >= 0.3 is 0 Å². The maximum Gasteiger partial charge on any atom is 0.142 e. The minimum absolute atomic E-state index is 0.0173. The number of benzene rings is 3. The van der Waals surface area contributed by atoms with Crippen molar-refractivity contribution in [2.75, 3.05) is 43.0 Å². The van der Waals surface area contributed by atoms with Gasteiger partial charge in [-0.2, -0.15) is 0 Å². The van der Waals surface area contributed by atoms with Crippen LogP contribution in [-0.4, -0.2) is 65.1 Å². The van der Waals surface area contributed by atoms with Crippen molar-refractivity contribution >= 4 is 23.0 Å². The summed E-state index contributed by atoms with van der Waals surface area (Å²) in [4.78, 5) is 6.03. The largest absolute Gasteiger partial charge is 0.508 e. The van der Waals surface area contributed by atoms with Crippen molar-refractivity contribution in [3.63, 3.8) is 0 Å². The molecule has 0 radical (unpaired) electrons. The van der Waals surface area contributed by atoms with Crippen molar-refractivity contribution in [3.8, 4) is 17.2 Å². The molecule has 5 N–H and O–H groups in total. The van der Waals surface area contributed by atoms with Crippen LogP contribution in [0.4, 0.5) is 11.4 Å². The van der Waals surface area contributed by atoms with E-state index in [9.17, 15) is 15.3 Å². The summed E-state index contributed by atoms with van der Waals surface area (Å²) in [6.07, 6.45) is 0. The third-order valence-corrected chi connectivity index (χ3v) is 6.57. The van der Waals surface area contributed by atoms with Crippen molar-refractivity contribution in [1.29, 1.82) is 10.8 Å². The number of hydrogen-bond donors (Lipinski definition) is 5. The van der Waals surface area contributed by atoms with Crippen LogP contribution in [0.15, 0.2) is 60.7 Å². The number of amidine groups is 2. The molecule has 1 fully saturated rings. The Labute approximate surface area is 211 Å². The molecular weight excluding hydrogens is 454 g/mol. The van der Waals surface area contributed by atoms with Crippen molar-refractivity contribution < 1.29 is 15.3 Å². The summed E-state index contributed by atoms with van der Waals surface area (Å²) in [5, 5.41) is 48.9. The van der Waals surface area contributed by atoms with Crippen molar-refractivity contribution in [3.05, 3.63) is 77.4 Å². The second kappa shape index (κ2) is 10.3. The number of nitrogens with one attached hydrogen (secondary N) is 2. The molecule has 0 amide bonds. The second-order valence-corrected chi connectivity index (χ2v) is 9.47. The van der Waals surface area contributed by atoms with Crippen LogP contribution in [0, 0.1) is 10.8 Å². The van der Waals surface area contributed by atoms with E-state index in [1.165, 1.54) is 23.1 Å². The molecule has 4 rings (SSSR count). The minimum Gasteiger partial charge on any atom is -0.508 e. The first-order valence-corrected chi connectivity index (χ1v) is 12.0. The molecule has 188 valence electrons. The molecule has 0 aromatic heterocycles. The lowest BCUT2D eigenvalue weighted by Crippen LogP contribution is -2.44. The molecule has 8 heteroatoms. The van der Waals surface area contributed by atoms with Gasteiger partial charge in [0.15, 0.2) is 0 Å². The summed E-state index contributed by atoms with van der Waals surface area (Å²) in [5.74, 6) is -0.436. The normalized spacial score (nSPS) is 14.2. The Morgan fingerprint density at radius 1 is 0.833 bits per heavy atom. The third-order valence-electron chi connectivity index (χ3n) is 6.57. The van der Waals surface area contributed by atoms with Gasteiger partial charge in [0.25, 0.3) is 0 Å². The number of aromatic hydroxyl groups is 3. The molecule has 3 aromatic carbocycles. The average Bonchev–Trinajstić information content (AvgIpc) is 2.85. The monoisotopic (exact) mass is 487 g/mol. The van der Waals surface area contributed by atoms with E-state index in [0.29, 0.717) is 16.8 Å². The molecule has 1 saturated heterocycles. The van der Waals surface area contributed by atoms with Gasteiger partial charge in [0, 0.05) is 49.2 Å². The Kier molecular flexibility index (Phi) is 7.17. The van der Waals surface area contributed by atoms with Gasteiger partial charge in [-0.15, -0.1) is 0 Å². The van der Waals surface area contributed by atoms with E-state index in [-0.39, 0.29) is 40.4 Å². The van der Waals surface area contributed by atoms with Gasteiger partial charge in [0.1, 0.15) is 28.9 Å². The van der Waals surface area contributed by atoms with E-state index >= 15 is 0 Å². The molecule has 36 heavy (non-hydrogen) atoms. The van der Waals surface area contributed by atoms with Gasteiger partial charge in [-0.25, -0.2) is 0 Å². The number of hydrogen-bond acceptors (Lipinski definition) is 7. The number of nitrogens with zero attached hydrogens (tertiary/aromatic N) is 3. The standard InChI is InChI=1S/C28H33N5O3/c1-18(2)23-16-24(26(36)17-25(23)35)28(30)33(27(29)19-5-4-6-22(34)15-19)21-9-7-20(8-10-21)32-13-11-31(3)12-14-32/h4-10,15-18,29-30,34-36H,11-14H2,1-3H3. The molecular formula is C28H33N5O3. The summed E-state index contributed by atoms with van der Waals surface area (Å²) >= 11 is 0. The van der Waals surface area contributed by atoms with Crippen LogP contribution in [0.3, 0.4) is 0 Å². The zero-order valence-corrected chi connectivity index (χ0v) is 20.9. The molecule has 0 aliphatic carbocycles. The number of piperazine rings is 1. The molecule has 8 nitrogen and oxygen atoms in total. The average molecular weight is 488 g/mol. The molecule has 0 atom stereocenters. The number of likely N-dealkylation sites (N-methyl/N-ethyl adjacent to an activating group) is 1. The van der Waals surface area contributed by atoms with Crippen molar-refractivity contribution in [2.24, 2.45) is 0 Å². The van der Waals surface area contributed by atoms with Crippen LogP contribution in [0.1, 0.15) is 36.5 Å². The fraction of sp³-hybridized carbons (Fsp3) is 0.286. The van der Waals surface area contributed by atoms with E-state index in [4.69, 9.17) is 10.8 Å². The van der Waals surface area contributed by atoms with Crippen LogP contribution in [0.25, 0.3) is 0 Å².